The van der Waals surface area contributed by atoms with Crippen molar-refractivity contribution in [3.8, 4) is 0 Å². The number of hydrogen-bond acceptors (Lipinski definition) is 5. The Balaban J connectivity index is 1.80. The van der Waals surface area contributed by atoms with E-state index in [-0.39, 0.29) is 6.10 Å². The monoisotopic (exact) mass is 268 g/mol. The molecule has 0 aromatic carbocycles. The predicted octanol–water partition coefficient (Wildman–Crippen LogP) is 2.13. The Hall–Kier alpha value is -0.650. The zero-order chi connectivity index (χ0) is 12.5. The lowest BCUT2D eigenvalue weighted by Gasteiger charge is -2.32. The summed E-state index contributed by atoms with van der Waals surface area (Å²) in [5.41, 5.74) is 1.12. The first-order valence-corrected chi connectivity index (χ1v) is 7.63. The molecule has 1 aromatic rings. The van der Waals surface area contributed by atoms with Crippen LogP contribution in [0.5, 0.6) is 0 Å². The number of anilines is 1. The molecule has 0 spiro atoms. The van der Waals surface area contributed by atoms with Crippen LogP contribution in [0.15, 0.2) is 0 Å². The van der Waals surface area contributed by atoms with Gasteiger partial charge in [0, 0.05) is 13.1 Å². The minimum absolute atomic E-state index is 0.289. The smallest absolute Gasteiger partial charge is 0.186 e. The standard InChI is InChI=1S/C13H20N2O2S/c1-2-9-8-15(6-7-17-9)13-14-10-4-3-5-11(16)12(10)18-13/h9,11,16H,2-8H2,1H3. The van der Waals surface area contributed by atoms with Gasteiger partial charge in [-0.2, -0.15) is 0 Å². The molecule has 2 atom stereocenters. The van der Waals surface area contributed by atoms with Gasteiger partial charge in [0.15, 0.2) is 5.13 Å². The number of aromatic nitrogens is 1. The topological polar surface area (TPSA) is 45.6 Å². The minimum atomic E-state index is -0.289. The summed E-state index contributed by atoms with van der Waals surface area (Å²) in [6.45, 7) is 4.79. The number of nitrogens with zero attached hydrogens (tertiary/aromatic N) is 2. The van der Waals surface area contributed by atoms with E-state index < -0.39 is 0 Å². The van der Waals surface area contributed by atoms with Gasteiger partial charge in [0.25, 0.3) is 0 Å². The third-order valence-corrected chi connectivity index (χ3v) is 5.03. The molecule has 1 saturated heterocycles. The minimum Gasteiger partial charge on any atom is -0.388 e. The fourth-order valence-corrected chi connectivity index (χ4v) is 3.83. The highest BCUT2D eigenvalue weighted by Crippen LogP contribution is 2.37. The second-order valence-electron chi connectivity index (χ2n) is 5.06. The molecule has 4 nitrogen and oxygen atoms in total. The maximum Gasteiger partial charge on any atom is 0.186 e. The number of morpholine rings is 1. The van der Waals surface area contributed by atoms with Crippen LogP contribution in [-0.2, 0) is 11.2 Å². The summed E-state index contributed by atoms with van der Waals surface area (Å²) >= 11 is 1.67. The third kappa shape index (κ3) is 2.27. The van der Waals surface area contributed by atoms with Crippen molar-refractivity contribution in [1.29, 1.82) is 0 Å². The summed E-state index contributed by atoms with van der Waals surface area (Å²) < 4.78 is 5.69. The van der Waals surface area contributed by atoms with Gasteiger partial charge in [-0.3, -0.25) is 0 Å². The van der Waals surface area contributed by atoms with Crippen molar-refractivity contribution >= 4 is 16.5 Å². The predicted molar refractivity (Wildman–Crippen MR) is 72.3 cm³/mol. The van der Waals surface area contributed by atoms with Crippen molar-refractivity contribution in [3.05, 3.63) is 10.6 Å². The van der Waals surface area contributed by atoms with E-state index in [1.54, 1.807) is 11.3 Å². The molecule has 1 aliphatic carbocycles. The molecule has 100 valence electrons. The number of hydrogen-bond donors (Lipinski definition) is 1. The van der Waals surface area contributed by atoms with Gasteiger partial charge in [0.2, 0.25) is 0 Å². The lowest BCUT2D eigenvalue weighted by molar-refractivity contribution is 0.0384. The molecule has 0 bridgehead atoms. The molecule has 0 radical (unpaired) electrons. The van der Waals surface area contributed by atoms with Gasteiger partial charge >= 0.3 is 0 Å². The van der Waals surface area contributed by atoms with E-state index in [2.05, 4.69) is 11.8 Å². The Bertz CT molecular complexity index is 421. The van der Waals surface area contributed by atoms with Crippen LogP contribution in [0, 0.1) is 0 Å². The van der Waals surface area contributed by atoms with Gasteiger partial charge in [-0.05, 0) is 25.7 Å². The van der Waals surface area contributed by atoms with Crippen molar-refractivity contribution in [2.24, 2.45) is 0 Å². The van der Waals surface area contributed by atoms with Gasteiger partial charge in [-0.15, -0.1) is 0 Å². The number of aryl methyl sites for hydroxylation is 1. The van der Waals surface area contributed by atoms with Crippen LogP contribution in [0.4, 0.5) is 5.13 Å². The summed E-state index contributed by atoms with van der Waals surface area (Å²) in [6, 6.07) is 0. The summed E-state index contributed by atoms with van der Waals surface area (Å²) in [6.07, 6.45) is 4.04. The Kier molecular flexibility index (Phi) is 3.54. The number of fused-ring (bicyclic) bond motifs is 1. The molecule has 0 amide bonds. The van der Waals surface area contributed by atoms with Crippen LogP contribution in [-0.4, -0.2) is 35.9 Å². The molecule has 1 aliphatic heterocycles. The van der Waals surface area contributed by atoms with Crippen LogP contribution in [0.3, 0.4) is 0 Å². The fourth-order valence-electron chi connectivity index (χ4n) is 2.66. The fraction of sp³-hybridized carbons (Fsp3) is 0.769. The third-order valence-electron chi connectivity index (χ3n) is 3.77. The van der Waals surface area contributed by atoms with E-state index in [1.165, 1.54) is 0 Å². The summed E-state index contributed by atoms with van der Waals surface area (Å²) in [5, 5.41) is 11.1. The Morgan fingerprint density at radius 2 is 2.44 bits per heavy atom. The molecule has 2 heterocycles. The zero-order valence-corrected chi connectivity index (χ0v) is 11.6. The Labute approximate surface area is 112 Å². The number of aliphatic hydroxyl groups excluding tert-OH is 1. The van der Waals surface area contributed by atoms with E-state index in [4.69, 9.17) is 9.72 Å². The lowest BCUT2D eigenvalue weighted by atomic mass is 10.0. The second kappa shape index (κ2) is 5.15. The van der Waals surface area contributed by atoms with Crippen LogP contribution in [0.25, 0.3) is 0 Å². The number of thiazole rings is 1. The van der Waals surface area contributed by atoms with E-state index in [9.17, 15) is 5.11 Å². The molecule has 2 unspecified atom stereocenters. The summed E-state index contributed by atoms with van der Waals surface area (Å²) in [5.74, 6) is 0. The first kappa shape index (κ1) is 12.4. The summed E-state index contributed by atoms with van der Waals surface area (Å²) in [4.78, 5) is 8.13. The van der Waals surface area contributed by atoms with Crippen molar-refractivity contribution in [2.45, 2.75) is 44.8 Å². The van der Waals surface area contributed by atoms with Gasteiger partial charge in [0.1, 0.15) is 0 Å². The van der Waals surface area contributed by atoms with E-state index in [1.807, 2.05) is 0 Å². The van der Waals surface area contributed by atoms with Crippen molar-refractivity contribution < 1.29 is 9.84 Å². The first-order chi connectivity index (χ1) is 8.78. The molecule has 18 heavy (non-hydrogen) atoms. The Morgan fingerprint density at radius 1 is 1.56 bits per heavy atom. The number of aliphatic hydroxyl groups is 1. The first-order valence-electron chi connectivity index (χ1n) is 6.82. The zero-order valence-electron chi connectivity index (χ0n) is 10.8. The largest absolute Gasteiger partial charge is 0.388 e. The molecule has 0 saturated carbocycles. The van der Waals surface area contributed by atoms with Gasteiger partial charge in [-0.25, -0.2) is 4.98 Å². The normalized spacial score (nSPS) is 28.2. The average molecular weight is 268 g/mol. The van der Waals surface area contributed by atoms with E-state index >= 15 is 0 Å². The maximum absolute atomic E-state index is 10.00. The molecule has 1 aromatic heterocycles. The quantitative estimate of drug-likeness (QED) is 0.892. The molecule has 5 heteroatoms. The maximum atomic E-state index is 10.00. The SMILES string of the molecule is CCC1CN(c2nc3c(s2)C(O)CCC3)CCO1. The van der Waals surface area contributed by atoms with Crippen LogP contribution < -0.4 is 4.90 Å². The highest BCUT2D eigenvalue weighted by Gasteiger charge is 2.27. The van der Waals surface area contributed by atoms with Crippen LogP contribution >= 0.6 is 11.3 Å². The van der Waals surface area contributed by atoms with Crippen molar-refractivity contribution in [3.63, 3.8) is 0 Å². The highest BCUT2D eigenvalue weighted by atomic mass is 32.1. The van der Waals surface area contributed by atoms with Crippen LogP contribution in [0.1, 0.15) is 42.9 Å². The van der Waals surface area contributed by atoms with E-state index in [0.29, 0.717) is 6.10 Å². The molecular weight excluding hydrogens is 248 g/mol. The lowest BCUT2D eigenvalue weighted by Crippen LogP contribution is -2.42. The van der Waals surface area contributed by atoms with Gasteiger partial charge < -0.3 is 14.7 Å². The molecule has 2 aliphatic rings. The Morgan fingerprint density at radius 3 is 3.22 bits per heavy atom. The van der Waals surface area contributed by atoms with E-state index in [0.717, 1.165) is 61.1 Å². The molecular formula is C13H20N2O2S. The van der Waals surface area contributed by atoms with Crippen molar-refractivity contribution in [1.82, 2.24) is 4.98 Å². The van der Waals surface area contributed by atoms with Gasteiger partial charge in [-0.1, -0.05) is 18.3 Å². The van der Waals surface area contributed by atoms with Crippen LogP contribution in [0.2, 0.25) is 0 Å². The number of rotatable bonds is 2. The van der Waals surface area contributed by atoms with Crippen molar-refractivity contribution in [2.75, 3.05) is 24.6 Å². The molecule has 3 rings (SSSR count). The summed E-state index contributed by atoms with van der Waals surface area (Å²) in [7, 11) is 0. The number of ether oxygens (including phenoxy) is 1. The highest BCUT2D eigenvalue weighted by molar-refractivity contribution is 7.15. The second-order valence-corrected chi connectivity index (χ2v) is 6.07. The average Bonchev–Trinajstić information content (AvgIpc) is 2.84. The molecule has 1 fully saturated rings. The molecule has 1 N–H and O–H groups in total. The van der Waals surface area contributed by atoms with Gasteiger partial charge in [0.05, 0.1) is 29.4 Å².